The molecule has 1 fully saturated rings. The van der Waals surface area contributed by atoms with E-state index in [-0.39, 0.29) is 36.8 Å². The Labute approximate surface area is 167 Å². The topological polar surface area (TPSA) is 75.1 Å². The minimum Gasteiger partial charge on any atom is -0.337 e. The van der Waals surface area contributed by atoms with E-state index < -0.39 is 0 Å². The second kappa shape index (κ2) is 10.1. The Balaban J connectivity index is 0.00000156. The summed E-state index contributed by atoms with van der Waals surface area (Å²) in [6, 6.07) is 3.72. The Morgan fingerprint density at radius 3 is 2.84 bits per heavy atom. The van der Waals surface area contributed by atoms with Crippen LogP contribution in [-0.2, 0) is 11.8 Å². The average Bonchev–Trinajstić information content (AvgIpc) is 2.96. The lowest BCUT2D eigenvalue weighted by Crippen LogP contribution is -2.49. The Hall–Kier alpha value is -1.19. The van der Waals surface area contributed by atoms with E-state index in [2.05, 4.69) is 41.4 Å². The van der Waals surface area contributed by atoms with E-state index in [0.717, 1.165) is 29.9 Å². The van der Waals surface area contributed by atoms with E-state index in [9.17, 15) is 4.79 Å². The summed E-state index contributed by atoms with van der Waals surface area (Å²) in [4.78, 5) is 23.1. The maximum absolute atomic E-state index is 12.3. The number of halogens is 3. The molecule has 138 valence electrons. The largest absolute Gasteiger partial charge is 0.337 e. The number of piperazine rings is 1. The maximum atomic E-state index is 12.3. The highest BCUT2D eigenvalue weighted by Crippen LogP contribution is 2.20. The first kappa shape index (κ1) is 21.9. The first-order valence-corrected chi connectivity index (χ1v) is 8.26. The van der Waals surface area contributed by atoms with Gasteiger partial charge in [0.05, 0.1) is 12.6 Å². The predicted octanol–water partition coefficient (Wildman–Crippen LogP) is 2.01. The summed E-state index contributed by atoms with van der Waals surface area (Å²) in [6.45, 7) is 2.77. The van der Waals surface area contributed by atoms with Gasteiger partial charge in [0, 0.05) is 49.7 Å². The number of nitrogens with one attached hydrogen (secondary N) is 2. The highest BCUT2D eigenvalue weighted by atomic mass is 79.9. The van der Waals surface area contributed by atoms with Crippen LogP contribution in [0.15, 0.2) is 35.2 Å². The second-order valence-electron chi connectivity index (χ2n) is 5.50. The Bertz CT molecular complexity index is 681. The third kappa shape index (κ3) is 5.65. The molecule has 1 atom stereocenters. The zero-order valence-corrected chi connectivity index (χ0v) is 16.9. The number of imidazole rings is 1. The number of amides is 1. The van der Waals surface area contributed by atoms with Gasteiger partial charge in [0.1, 0.15) is 11.6 Å². The van der Waals surface area contributed by atoms with Crippen LogP contribution in [0.3, 0.4) is 0 Å². The molecule has 0 spiro atoms. The quantitative estimate of drug-likeness (QED) is 0.743. The van der Waals surface area contributed by atoms with Gasteiger partial charge in [-0.25, -0.2) is 9.97 Å². The van der Waals surface area contributed by atoms with E-state index in [0.29, 0.717) is 12.4 Å². The molecule has 25 heavy (non-hydrogen) atoms. The molecule has 7 nitrogen and oxygen atoms in total. The molecule has 10 heteroatoms. The third-order valence-electron chi connectivity index (χ3n) is 3.85. The fourth-order valence-corrected chi connectivity index (χ4v) is 2.94. The summed E-state index contributed by atoms with van der Waals surface area (Å²) in [5, 5.41) is 6.20. The van der Waals surface area contributed by atoms with Crippen LogP contribution in [0, 0.1) is 0 Å². The molecule has 0 saturated carbocycles. The van der Waals surface area contributed by atoms with Gasteiger partial charge in [-0.3, -0.25) is 9.69 Å². The van der Waals surface area contributed by atoms with Crippen LogP contribution < -0.4 is 10.6 Å². The van der Waals surface area contributed by atoms with Crippen molar-refractivity contribution in [2.24, 2.45) is 7.05 Å². The van der Waals surface area contributed by atoms with Crippen molar-refractivity contribution in [2.45, 2.75) is 6.04 Å². The van der Waals surface area contributed by atoms with Crippen molar-refractivity contribution in [2.75, 3.05) is 31.5 Å². The van der Waals surface area contributed by atoms with Crippen LogP contribution in [0.5, 0.6) is 0 Å². The van der Waals surface area contributed by atoms with Crippen LogP contribution in [0.4, 0.5) is 5.82 Å². The van der Waals surface area contributed by atoms with Gasteiger partial charge in [-0.05, 0) is 28.1 Å². The maximum Gasteiger partial charge on any atom is 0.239 e. The van der Waals surface area contributed by atoms with Gasteiger partial charge in [-0.2, -0.15) is 0 Å². The molecule has 2 N–H and O–H groups in total. The fraction of sp³-hybridized carbons (Fsp3) is 0.400. The van der Waals surface area contributed by atoms with Gasteiger partial charge in [-0.15, -0.1) is 24.8 Å². The molecule has 2 aromatic heterocycles. The molecule has 1 aliphatic rings. The number of carbonyl (C=O) groups is 1. The van der Waals surface area contributed by atoms with Crippen LogP contribution in [0.25, 0.3) is 0 Å². The number of carbonyl (C=O) groups excluding carboxylic acids is 1. The van der Waals surface area contributed by atoms with E-state index in [4.69, 9.17) is 0 Å². The van der Waals surface area contributed by atoms with Crippen molar-refractivity contribution in [1.29, 1.82) is 0 Å². The Kier molecular flexibility index (Phi) is 8.81. The molecule has 1 amide bonds. The van der Waals surface area contributed by atoms with Gasteiger partial charge in [-0.1, -0.05) is 0 Å². The summed E-state index contributed by atoms with van der Waals surface area (Å²) in [7, 11) is 1.97. The van der Waals surface area contributed by atoms with Crippen molar-refractivity contribution in [3.8, 4) is 0 Å². The van der Waals surface area contributed by atoms with E-state index in [1.54, 1.807) is 18.5 Å². The van der Waals surface area contributed by atoms with E-state index >= 15 is 0 Å². The molecular formula is C15H21BrCl2N6O. The normalized spacial score (nSPS) is 17.3. The minimum atomic E-state index is -0.0686. The molecule has 1 unspecified atom stereocenters. The van der Waals surface area contributed by atoms with Gasteiger partial charge in [0.15, 0.2) is 0 Å². The number of nitrogens with zero attached hydrogens (tertiary/aromatic N) is 4. The Morgan fingerprint density at radius 1 is 1.40 bits per heavy atom. The second-order valence-corrected chi connectivity index (χ2v) is 6.41. The SMILES string of the molecule is Cl.Cl.Cn1ccnc1C1CNCCN1CC(=O)Nc1ccc(Br)cn1. The van der Waals surface area contributed by atoms with Gasteiger partial charge in [0.2, 0.25) is 5.91 Å². The zero-order valence-electron chi connectivity index (χ0n) is 13.7. The first-order valence-electron chi connectivity index (χ1n) is 7.47. The number of hydrogen-bond donors (Lipinski definition) is 2. The summed E-state index contributed by atoms with van der Waals surface area (Å²) in [5.74, 6) is 1.45. The highest BCUT2D eigenvalue weighted by Gasteiger charge is 2.28. The number of anilines is 1. The van der Waals surface area contributed by atoms with Crippen LogP contribution in [-0.4, -0.2) is 51.5 Å². The zero-order chi connectivity index (χ0) is 16.2. The molecule has 1 saturated heterocycles. The number of hydrogen-bond acceptors (Lipinski definition) is 5. The summed E-state index contributed by atoms with van der Waals surface area (Å²) < 4.78 is 2.88. The standard InChI is InChI=1S/C15H19BrN6O.2ClH/c1-21-6-5-18-15(21)12-9-17-4-7-22(12)10-14(23)20-13-3-2-11(16)8-19-13;;/h2-3,5-6,8,12,17H,4,7,9-10H2,1H3,(H,19,20,23);2*1H. The molecule has 0 bridgehead atoms. The van der Waals surface area contributed by atoms with Crippen molar-refractivity contribution in [1.82, 2.24) is 24.8 Å². The molecular weight excluding hydrogens is 431 g/mol. The summed E-state index contributed by atoms with van der Waals surface area (Å²) in [6.07, 6.45) is 5.37. The first-order chi connectivity index (χ1) is 11.1. The number of aryl methyl sites for hydroxylation is 1. The fourth-order valence-electron chi connectivity index (χ4n) is 2.71. The third-order valence-corrected chi connectivity index (χ3v) is 4.32. The molecule has 2 aromatic rings. The van der Waals surface area contributed by atoms with E-state index in [1.807, 2.05) is 23.9 Å². The molecule has 0 aliphatic carbocycles. The molecule has 3 heterocycles. The van der Waals surface area contributed by atoms with Gasteiger partial charge in [0.25, 0.3) is 0 Å². The number of rotatable bonds is 4. The van der Waals surface area contributed by atoms with Crippen LogP contribution in [0.1, 0.15) is 11.9 Å². The molecule has 1 aliphatic heterocycles. The van der Waals surface area contributed by atoms with Crippen molar-refractivity contribution < 1.29 is 4.79 Å². The monoisotopic (exact) mass is 450 g/mol. The lowest BCUT2D eigenvalue weighted by atomic mass is 10.1. The van der Waals surface area contributed by atoms with Crippen LogP contribution in [0.2, 0.25) is 0 Å². The highest BCUT2D eigenvalue weighted by molar-refractivity contribution is 9.10. The van der Waals surface area contributed by atoms with Gasteiger partial charge < -0.3 is 15.2 Å². The predicted molar refractivity (Wildman–Crippen MR) is 105 cm³/mol. The average molecular weight is 452 g/mol. The Morgan fingerprint density at radius 2 is 2.20 bits per heavy atom. The lowest BCUT2D eigenvalue weighted by Gasteiger charge is -2.35. The number of aromatic nitrogens is 3. The molecule has 0 aromatic carbocycles. The summed E-state index contributed by atoms with van der Waals surface area (Å²) in [5.41, 5.74) is 0. The van der Waals surface area contributed by atoms with Crippen molar-refractivity contribution in [3.05, 3.63) is 41.0 Å². The van der Waals surface area contributed by atoms with E-state index in [1.165, 1.54) is 0 Å². The smallest absolute Gasteiger partial charge is 0.239 e. The number of pyridine rings is 1. The van der Waals surface area contributed by atoms with Crippen molar-refractivity contribution >= 4 is 52.5 Å². The summed E-state index contributed by atoms with van der Waals surface area (Å²) >= 11 is 3.33. The van der Waals surface area contributed by atoms with Gasteiger partial charge >= 0.3 is 0 Å². The minimum absolute atomic E-state index is 0. The van der Waals surface area contributed by atoms with Crippen LogP contribution >= 0.6 is 40.7 Å². The van der Waals surface area contributed by atoms with Crippen molar-refractivity contribution in [3.63, 3.8) is 0 Å². The lowest BCUT2D eigenvalue weighted by molar-refractivity contribution is -0.118. The molecule has 0 radical (unpaired) electrons. The molecule has 3 rings (SSSR count).